The van der Waals surface area contributed by atoms with Crippen LogP contribution in [-0.4, -0.2) is 60.2 Å². The summed E-state index contributed by atoms with van der Waals surface area (Å²) in [4.78, 5) is 43.0. The predicted octanol–water partition coefficient (Wildman–Crippen LogP) is 1.93. The number of carbonyl (C=O) groups is 3. The van der Waals surface area contributed by atoms with Crippen molar-refractivity contribution < 1.29 is 18.8 Å². The molecule has 2 aliphatic heterocycles. The lowest BCUT2D eigenvalue weighted by molar-refractivity contribution is -0.137. The zero-order valence-corrected chi connectivity index (χ0v) is 15.8. The Labute approximate surface area is 163 Å². The molecule has 0 N–H and O–H groups in total. The van der Waals surface area contributed by atoms with E-state index in [1.807, 2.05) is 31.2 Å². The molecule has 28 heavy (non-hydrogen) atoms. The highest BCUT2D eigenvalue weighted by Gasteiger charge is 2.38. The Morgan fingerprint density at radius 3 is 2.39 bits per heavy atom. The van der Waals surface area contributed by atoms with Crippen molar-refractivity contribution in [3.63, 3.8) is 0 Å². The van der Waals surface area contributed by atoms with Crippen LogP contribution >= 0.6 is 0 Å². The minimum absolute atomic E-state index is 0.00506. The van der Waals surface area contributed by atoms with E-state index in [9.17, 15) is 14.4 Å². The monoisotopic (exact) mass is 381 g/mol. The fourth-order valence-corrected chi connectivity index (χ4v) is 3.92. The maximum Gasteiger partial charge on any atom is 0.289 e. The summed E-state index contributed by atoms with van der Waals surface area (Å²) in [6, 6.07) is 11.0. The van der Waals surface area contributed by atoms with Gasteiger partial charge in [-0.05, 0) is 30.7 Å². The Kier molecular flexibility index (Phi) is 4.90. The van der Waals surface area contributed by atoms with Crippen molar-refractivity contribution in [3.05, 3.63) is 54.0 Å². The summed E-state index contributed by atoms with van der Waals surface area (Å²) < 4.78 is 5.16. The van der Waals surface area contributed by atoms with Gasteiger partial charge in [0.2, 0.25) is 11.8 Å². The first kappa shape index (κ1) is 18.3. The van der Waals surface area contributed by atoms with Crippen LogP contribution in [0.1, 0.15) is 22.5 Å². The van der Waals surface area contributed by atoms with Gasteiger partial charge in [-0.2, -0.15) is 0 Å². The molecule has 0 spiro atoms. The molecule has 7 heteroatoms. The van der Waals surface area contributed by atoms with Crippen molar-refractivity contribution in [2.45, 2.75) is 13.3 Å². The first-order chi connectivity index (χ1) is 13.5. The molecule has 2 aliphatic rings. The van der Waals surface area contributed by atoms with E-state index in [0.29, 0.717) is 38.5 Å². The summed E-state index contributed by atoms with van der Waals surface area (Å²) in [7, 11) is 0. The lowest BCUT2D eigenvalue weighted by Crippen LogP contribution is -2.52. The maximum atomic E-state index is 12.9. The topological polar surface area (TPSA) is 74.1 Å². The highest BCUT2D eigenvalue weighted by molar-refractivity contribution is 6.01. The molecule has 1 atom stereocenters. The molecule has 2 aromatic rings. The van der Waals surface area contributed by atoms with Gasteiger partial charge in [-0.3, -0.25) is 14.4 Å². The summed E-state index contributed by atoms with van der Waals surface area (Å²) in [6.45, 7) is 4.25. The van der Waals surface area contributed by atoms with E-state index < -0.39 is 0 Å². The van der Waals surface area contributed by atoms with Gasteiger partial charge in [0.25, 0.3) is 5.91 Å². The van der Waals surface area contributed by atoms with Crippen molar-refractivity contribution in [1.29, 1.82) is 0 Å². The fraction of sp³-hybridized carbons (Fsp3) is 0.381. The minimum Gasteiger partial charge on any atom is -0.459 e. The van der Waals surface area contributed by atoms with Gasteiger partial charge in [0, 0.05) is 44.8 Å². The lowest BCUT2D eigenvalue weighted by Gasteiger charge is -2.35. The molecule has 0 bridgehead atoms. The molecular formula is C21H23N3O4. The average molecular weight is 381 g/mol. The van der Waals surface area contributed by atoms with E-state index >= 15 is 0 Å². The standard InChI is InChI=1S/C21H23N3O4/c1-15-5-2-3-6-17(15)24-14-16(13-19(24)25)20(26)22-8-10-23(11-9-22)21(27)18-7-4-12-28-18/h2-7,12,16H,8-11,13-14H2,1H3/t16-/m1/s1. The number of rotatable bonds is 3. The first-order valence-corrected chi connectivity index (χ1v) is 9.52. The summed E-state index contributed by atoms with van der Waals surface area (Å²) in [5, 5.41) is 0. The Hall–Kier alpha value is -3.09. The molecule has 3 heterocycles. The van der Waals surface area contributed by atoms with Crippen LogP contribution in [0.15, 0.2) is 47.1 Å². The number of para-hydroxylation sites is 1. The number of anilines is 1. The molecule has 0 saturated carbocycles. The largest absolute Gasteiger partial charge is 0.459 e. The van der Waals surface area contributed by atoms with Crippen LogP contribution in [0.5, 0.6) is 0 Å². The van der Waals surface area contributed by atoms with Crippen LogP contribution in [0.3, 0.4) is 0 Å². The summed E-state index contributed by atoms with van der Waals surface area (Å²) >= 11 is 0. The van der Waals surface area contributed by atoms with Crippen molar-refractivity contribution in [3.8, 4) is 0 Å². The molecule has 1 aromatic carbocycles. The SMILES string of the molecule is Cc1ccccc1N1C[C@H](C(=O)N2CCN(C(=O)c3ccco3)CC2)CC1=O. The predicted molar refractivity (Wildman–Crippen MR) is 103 cm³/mol. The molecule has 1 aromatic heterocycles. The number of carbonyl (C=O) groups excluding carboxylic acids is 3. The van der Waals surface area contributed by atoms with Gasteiger partial charge in [0.15, 0.2) is 5.76 Å². The molecule has 2 saturated heterocycles. The third kappa shape index (κ3) is 3.40. The van der Waals surface area contributed by atoms with Crippen LogP contribution in [-0.2, 0) is 9.59 Å². The van der Waals surface area contributed by atoms with Crippen LogP contribution < -0.4 is 4.90 Å². The third-order valence-corrected chi connectivity index (χ3v) is 5.49. The molecule has 2 fully saturated rings. The minimum atomic E-state index is -0.334. The number of nitrogens with zero attached hydrogens (tertiary/aromatic N) is 3. The van der Waals surface area contributed by atoms with E-state index in [1.165, 1.54) is 6.26 Å². The van der Waals surface area contributed by atoms with Crippen molar-refractivity contribution >= 4 is 23.4 Å². The van der Waals surface area contributed by atoms with E-state index in [1.54, 1.807) is 26.8 Å². The number of benzene rings is 1. The molecule has 7 nitrogen and oxygen atoms in total. The third-order valence-electron chi connectivity index (χ3n) is 5.49. The highest BCUT2D eigenvalue weighted by Crippen LogP contribution is 2.29. The molecule has 0 radical (unpaired) electrons. The number of hydrogen-bond acceptors (Lipinski definition) is 4. The van der Waals surface area contributed by atoms with Gasteiger partial charge in [-0.25, -0.2) is 0 Å². The van der Waals surface area contributed by atoms with E-state index in [-0.39, 0.29) is 30.1 Å². The fourth-order valence-electron chi connectivity index (χ4n) is 3.92. The maximum absolute atomic E-state index is 12.9. The zero-order valence-electron chi connectivity index (χ0n) is 15.8. The Bertz CT molecular complexity index is 885. The van der Waals surface area contributed by atoms with Gasteiger partial charge in [-0.1, -0.05) is 18.2 Å². The molecule has 0 unspecified atom stereocenters. The summed E-state index contributed by atoms with van der Waals surface area (Å²) in [5.74, 6) is -0.192. The van der Waals surface area contributed by atoms with E-state index in [2.05, 4.69) is 0 Å². The van der Waals surface area contributed by atoms with E-state index in [4.69, 9.17) is 4.42 Å². The number of furan rings is 1. The zero-order chi connectivity index (χ0) is 19.7. The smallest absolute Gasteiger partial charge is 0.289 e. The molecule has 0 aliphatic carbocycles. The van der Waals surface area contributed by atoms with Crippen LogP contribution in [0.25, 0.3) is 0 Å². The summed E-state index contributed by atoms with van der Waals surface area (Å²) in [6.07, 6.45) is 1.71. The Morgan fingerprint density at radius 1 is 1.00 bits per heavy atom. The Balaban J connectivity index is 1.36. The second kappa shape index (κ2) is 7.50. The number of hydrogen-bond donors (Lipinski definition) is 0. The van der Waals surface area contributed by atoms with Gasteiger partial charge in [-0.15, -0.1) is 0 Å². The van der Waals surface area contributed by atoms with Crippen LogP contribution in [0.2, 0.25) is 0 Å². The highest BCUT2D eigenvalue weighted by atomic mass is 16.3. The molecule has 3 amide bonds. The van der Waals surface area contributed by atoms with Crippen molar-refractivity contribution in [1.82, 2.24) is 9.80 Å². The van der Waals surface area contributed by atoms with Gasteiger partial charge >= 0.3 is 0 Å². The number of piperazine rings is 1. The number of aryl methyl sites for hydroxylation is 1. The first-order valence-electron chi connectivity index (χ1n) is 9.52. The quantitative estimate of drug-likeness (QED) is 0.814. The molecular weight excluding hydrogens is 358 g/mol. The Morgan fingerprint density at radius 2 is 1.71 bits per heavy atom. The van der Waals surface area contributed by atoms with Gasteiger partial charge in [0.1, 0.15) is 0 Å². The second-order valence-corrected chi connectivity index (χ2v) is 7.29. The van der Waals surface area contributed by atoms with E-state index in [0.717, 1.165) is 11.3 Å². The summed E-state index contributed by atoms with van der Waals surface area (Å²) in [5.41, 5.74) is 1.89. The van der Waals surface area contributed by atoms with Gasteiger partial charge < -0.3 is 19.1 Å². The number of amides is 3. The molecule has 4 rings (SSSR count). The average Bonchev–Trinajstić information content (AvgIpc) is 3.37. The van der Waals surface area contributed by atoms with Gasteiger partial charge in [0.05, 0.1) is 12.2 Å². The lowest BCUT2D eigenvalue weighted by atomic mass is 10.1. The van der Waals surface area contributed by atoms with Crippen LogP contribution in [0.4, 0.5) is 5.69 Å². The van der Waals surface area contributed by atoms with Crippen LogP contribution in [0, 0.1) is 12.8 Å². The molecule has 146 valence electrons. The normalized spacial score (nSPS) is 20.0. The van der Waals surface area contributed by atoms with Crippen molar-refractivity contribution in [2.24, 2.45) is 5.92 Å². The van der Waals surface area contributed by atoms with Crippen molar-refractivity contribution in [2.75, 3.05) is 37.6 Å². The second-order valence-electron chi connectivity index (χ2n) is 7.29.